The van der Waals surface area contributed by atoms with E-state index in [2.05, 4.69) is 15.4 Å². The van der Waals surface area contributed by atoms with Gasteiger partial charge in [-0.15, -0.1) is 0 Å². The van der Waals surface area contributed by atoms with E-state index in [0.29, 0.717) is 17.0 Å². The molecule has 0 fully saturated rings. The smallest absolute Gasteiger partial charge is 0.344 e. The maximum Gasteiger partial charge on any atom is 0.344 e. The van der Waals surface area contributed by atoms with Crippen LogP contribution in [-0.4, -0.2) is 33.1 Å². The molecule has 0 bridgehead atoms. The number of nitrogens with one attached hydrogen (secondary N) is 1. The van der Waals surface area contributed by atoms with E-state index in [9.17, 15) is 9.59 Å². The molecule has 1 N–H and O–H groups in total. The summed E-state index contributed by atoms with van der Waals surface area (Å²) in [5.41, 5.74) is 3.91. The lowest BCUT2D eigenvalue weighted by molar-refractivity contribution is -0.119. The summed E-state index contributed by atoms with van der Waals surface area (Å²) in [4.78, 5) is 28.7. The zero-order valence-corrected chi connectivity index (χ0v) is 15.7. The molecule has 2 aromatic heterocycles. The van der Waals surface area contributed by atoms with Crippen LogP contribution in [-0.2, 0) is 9.53 Å². The van der Waals surface area contributed by atoms with Gasteiger partial charge in [-0.1, -0.05) is 42.5 Å². The molecule has 0 spiro atoms. The monoisotopic (exact) mass is 386 g/mol. The van der Waals surface area contributed by atoms with E-state index in [0.717, 1.165) is 11.1 Å². The van der Waals surface area contributed by atoms with Gasteiger partial charge >= 0.3 is 5.97 Å². The molecule has 1 amide bonds. The van der Waals surface area contributed by atoms with Gasteiger partial charge in [-0.3, -0.25) is 4.79 Å². The van der Waals surface area contributed by atoms with Gasteiger partial charge in [-0.2, -0.15) is 5.10 Å². The third kappa shape index (κ3) is 3.98. The van der Waals surface area contributed by atoms with Gasteiger partial charge in [0.2, 0.25) is 0 Å². The van der Waals surface area contributed by atoms with Crippen molar-refractivity contribution in [2.75, 3.05) is 11.9 Å². The van der Waals surface area contributed by atoms with E-state index in [4.69, 9.17) is 4.74 Å². The molecule has 0 atom stereocenters. The fourth-order valence-electron chi connectivity index (χ4n) is 3.01. The van der Waals surface area contributed by atoms with E-state index in [1.54, 1.807) is 37.5 Å². The van der Waals surface area contributed by atoms with Crippen molar-refractivity contribution in [3.8, 4) is 11.1 Å². The number of amides is 1. The first-order valence-electron chi connectivity index (χ1n) is 9.04. The molecule has 4 rings (SSSR count). The van der Waals surface area contributed by atoms with E-state index in [1.807, 2.05) is 42.5 Å². The number of aryl methyl sites for hydroxylation is 1. The van der Waals surface area contributed by atoms with E-state index in [-0.39, 0.29) is 5.56 Å². The van der Waals surface area contributed by atoms with Crippen LogP contribution in [0.15, 0.2) is 73.1 Å². The summed E-state index contributed by atoms with van der Waals surface area (Å²) in [7, 11) is 0. The highest BCUT2D eigenvalue weighted by molar-refractivity contribution is 5.99. The van der Waals surface area contributed by atoms with Crippen molar-refractivity contribution in [2.45, 2.75) is 6.92 Å². The number of nitrogens with zero attached hydrogens (tertiary/aromatic N) is 3. The Bertz CT molecular complexity index is 1170. The van der Waals surface area contributed by atoms with Crippen molar-refractivity contribution in [3.05, 3.63) is 84.3 Å². The second-order valence-electron chi connectivity index (χ2n) is 6.42. The molecule has 4 aromatic rings. The zero-order chi connectivity index (χ0) is 20.2. The van der Waals surface area contributed by atoms with Crippen LogP contribution in [0.2, 0.25) is 0 Å². The minimum atomic E-state index is -0.634. The Labute approximate surface area is 167 Å². The fraction of sp³-hybridized carbons (Fsp3) is 0.0909. The molecule has 0 radical (unpaired) electrons. The molecular formula is C22H18N4O3. The first-order valence-corrected chi connectivity index (χ1v) is 9.04. The number of anilines is 1. The maximum absolute atomic E-state index is 12.4. The lowest BCUT2D eigenvalue weighted by Crippen LogP contribution is -2.21. The van der Waals surface area contributed by atoms with E-state index >= 15 is 0 Å². The normalized spacial score (nSPS) is 10.7. The Morgan fingerprint density at radius 2 is 1.72 bits per heavy atom. The number of esters is 1. The number of benzene rings is 2. The Balaban J connectivity index is 1.37. The van der Waals surface area contributed by atoms with Crippen molar-refractivity contribution < 1.29 is 14.3 Å². The van der Waals surface area contributed by atoms with Crippen molar-refractivity contribution in [3.63, 3.8) is 0 Å². The first-order chi connectivity index (χ1) is 14.1. The standard InChI is InChI=1S/C22H18N4O3/c1-15-20(21-23-12-5-13-26(21)25-15)22(28)29-14-19(27)24-18-10-8-17(9-11-18)16-6-3-2-4-7-16/h2-13H,14H2,1H3,(H,24,27). The predicted molar refractivity (Wildman–Crippen MR) is 109 cm³/mol. The Morgan fingerprint density at radius 1 is 1.00 bits per heavy atom. The minimum absolute atomic E-state index is 0.255. The topological polar surface area (TPSA) is 85.6 Å². The highest BCUT2D eigenvalue weighted by Gasteiger charge is 2.20. The number of hydrogen-bond donors (Lipinski definition) is 1. The quantitative estimate of drug-likeness (QED) is 0.531. The number of rotatable bonds is 5. The molecule has 144 valence electrons. The third-order valence-electron chi connectivity index (χ3n) is 4.38. The van der Waals surface area contributed by atoms with Gasteiger partial charge in [-0.25, -0.2) is 14.3 Å². The third-order valence-corrected chi connectivity index (χ3v) is 4.38. The number of carbonyl (C=O) groups is 2. The number of hydrogen-bond acceptors (Lipinski definition) is 5. The van der Waals surface area contributed by atoms with Crippen molar-refractivity contribution in [2.24, 2.45) is 0 Å². The lowest BCUT2D eigenvalue weighted by Gasteiger charge is -2.08. The number of fused-ring (bicyclic) bond motifs is 1. The minimum Gasteiger partial charge on any atom is -0.452 e. The molecule has 29 heavy (non-hydrogen) atoms. The highest BCUT2D eigenvalue weighted by atomic mass is 16.5. The van der Waals surface area contributed by atoms with Crippen molar-refractivity contribution in [1.82, 2.24) is 14.6 Å². The maximum atomic E-state index is 12.4. The van der Waals surface area contributed by atoms with Crippen LogP contribution in [0.5, 0.6) is 0 Å². The molecule has 7 heteroatoms. The lowest BCUT2D eigenvalue weighted by atomic mass is 10.1. The van der Waals surface area contributed by atoms with Crippen molar-refractivity contribution in [1.29, 1.82) is 0 Å². The first kappa shape index (κ1) is 18.4. The van der Waals surface area contributed by atoms with Gasteiger partial charge in [0.05, 0.1) is 5.69 Å². The Kier molecular flexibility index (Phi) is 5.03. The Morgan fingerprint density at radius 3 is 2.48 bits per heavy atom. The molecule has 0 aliphatic heterocycles. The van der Waals surface area contributed by atoms with Gasteiger partial charge in [0.25, 0.3) is 5.91 Å². The van der Waals surface area contributed by atoms with Crippen LogP contribution >= 0.6 is 0 Å². The summed E-state index contributed by atoms with van der Waals surface area (Å²) in [6.07, 6.45) is 3.26. The SMILES string of the molecule is Cc1nn2cccnc2c1C(=O)OCC(=O)Nc1ccc(-c2ccccc2)cc1. The van der Waals surface area contributed by atoms with Gasteiger partial charge < -0.3 is 10.1 Å². The van der Waals surface area contributed by atoms with Crippen LogP contribution in [0, 0.1) is 6.92 Å². The van der Waals surface area contributed by atoms with Crippen LogP contribution in [0.25, 0.3) is 16.8 Å². The van der Waals surface area contributed by atoms with E-state index in [1.165, 1.54) is 4.52 Å². The predicted octanol–water partition coefficient (Wildman–Crippen LogP) is 3.50. The number of ether oxygens (including phenoxy) is 1. The van der Waals surface area contributed by atoms with Gasteiger partial charge in [0.15, 0.2) is 12.3 Å². The average molecular weight is 386 g/mol. The molecule has 2 aromatic carbocycles. The summed E-state index contributed by atoms with van der Waals surface area (Å²) < 4.78 is 6.66. The summed E-state index contributed by atoms with van der Waals surface area (Å²) >= 11 is 0. The van der Waals surface area contributed by atoms with Crippen LogP contribution in [0.4, 0.5) is 5.69 Å². The summed E-state index contributed by atoms with van der Waals surface area (Å²) in [6, 6.07) is 19.1. The van der Waals surface area contributed by atoms with Gasteiger partial charge in [-0.05, 0) is 36.2 Å². The summed E-state index contributed by atoms with van der Waals surface area (Å²) in [6.45, 7) is 1.29. The molecule has 0 saturated carbocycles. The summed E-state index contributed by atoms with van der Waals surface area (Å²) in [5, 5.41) is 6.94. The van der Waals surface area contributed by atoms with Crippen molar-refractivity contribution >= 4 is 23.2 Å². The second kappa shape index (κ2) is 7.93. The zero-order valence-electron chi connectivity index (χ0n) is 15.7. The van der Waals surface area contributed by atoms with Gasteiger partial charge in [0, 0.05) is 18.1 Å². The Hall–Kier alpha value is -4.00. The molecule has 0 aliphatic rings. The fourth-order valence-corrected chi connectivity index (χ4v) is 3.01. The van der Waals surface area contributed by atoms with Crippen LogP contribution in [0.3, 0.4) is 0 Å². The average Bonchev–Trinajstić information content (AvgIpc) is 3.09. The second-order valence-corrected chi connectivity index (χ2v) is 6.42. The largest absolute Gasteiger partial charge is 0.452 e. The molecule has 0 saturated heterocycles. The highest BCUT2D eigenvalue weighted by Crippen LogP contribution is 2.21. The van der Waals surface area contributed by atoms with Crippen LogP contribution < -0.4 is 5.32 Å². The molecule has 2 heterocycles. The summed E-state index contributed by atoms with van der Waals surface area (Å²) in [5.74, 6) is -1.06. The number of aromatic nitrogens is 3. The van der Waals surface area contributed by atoms with Crippen LogP contribution in [0.1, 0.15) is 16.1 Å². The molecule has 7 nitrogen and oxygen atoms in total. The van der Waals surface area contributed by atoms with Gasteiger partial charge in [0.1, 0.15) is 5.56 Å². The molecule has 0 aliphatic carbocycles. The molecule has 0 unspecified atom stereocenters. The van der Waals surface area contributed by atoms with E-state index < -0.39 is 18.5 Å². The number of carbonyl (C=O) groups excluding carboxylic acids is 2. The molecular weight excluding hydrogens is 368 g/mol.